The van der Waals surface area contributed by atoms with Crippen LogP contribution in [0.25, 0.3) is 0 Å². The summed E-state index contributed by atoms with van der Waals surface area (Å²) in [4.78, 5) is 27.2. The number of ether oxygens (including phenoxy) is 2. The van der Waals surface area contributed by atoms with Crippen LogP contribution in [0.4, 0.5) is 0 Å². The highest BCUT2D eigenvalue weighted by atomic mass is 16.5. The molecule has 0 aliphatic carbocycles. The number of carbonyl (C=O) groups excluding carboxylic acids is 1. The lowest BCUT2D eigenvalue weighted by atomic mass is 9.94. The van der Waals surface area contributed by atoms with E-state index in [0.717, 1.165) is 6.42 Å². The first-order chi connectivity index (χ1) is 10.4. The third-order valence-electron chi connectivity index (χ3n) is 3.44. The summed E-state index contributed by atoms with van der Waals surface area (Å²) >= 11 is 0. The molecule has 0 radical (unpaired) electrons. The first-order valence-electron chi connectivity index (χ1n) is 7.10. The average molecular weight is 308 g/mol. The molecule has 120 valence electrons. The maximum atomic E-state index is 12.1. The summed E-state index contributed by atoms with van der Waals surface area (Å²) in [5.41, 5.74) is -0.645. The number of rotatable bonds is 6. The molecule has 1 aliphatic rings. The molecule has 2 heterocycles. The molecule has 1 amide bonds. The summed E-state index contributed by atoms with van der Waals surface area (Å²) in [6, 6.07) is 3.10. The molecule has 7 heteroatoms. The molecule has 2 N–H and O–H groups in total. The van der Waals surface area contributed by atoms with Crippen LogP contribution in [0.3, 0.4) is 0 Å². The molecule has 1 unspecified atom stereocenters. The van der Waals surface area contributed by atoms with Crippen LogP contribution in [0.15, 0.2) is 18.3 Å². The Morgan fingerprint density at radius 2 is 2.32 bits per heavy atom. The van der Waals surface area contributed by atoms with Gasteiger partial charge in [-0.3, -0.25) is 9.59 Å². The third kappa shape index (κ3) is 4.17. The number of amides is 1. The lowest BCUT2D eigenvalue weighted by Gasteiger charge is -2.19. The van der Waals surface area contributed by atoms with Crippen molar-refractivity contribution < 1.29 is 24.2 Å². The third-order valence-corrected chi connectivity index (χ3v) is 3.44. The molecule has 1 saturated heterocycles. The number of aliphatic carboxylic acids is 1. The first-order valence-corrected chi connectivity index (χ1v) is 7.10. The van der Waals surface area contributed by atoms with Crippen molar-refractivity contribution in [2.24, 2.45) is 5.41 Å². The van der Waals surface area contributed by atoms with Gasteiger partial charge in [-0.1, -0.05) is 0 Å². The van der Waals surface area contributed by atoms with E-state index in [9.17, 15) is 9.59 Å². The van der Waals surface area contributed by atoms with Gasteiger partial charge >= 0.3 is 5.97 Å². The van der Waals surface area contributed by atoms with Crippen LogP contribution in [0.5, 0.6) is 5.88 Å². The molecule has 1 aromatic heterocycles. The molecule has 0 bridgehead atoms. The summed E-state index contributed by atoms with van der Waals surface area (Å²) in [6.07, 6.45) is 2.24. The second-order valence-electron chi connectivity index (χ2n) is 5.86. The van der Waals surface area contributed by atoms with Gasteiger partial charge in [-0.2, -0.15) is 0 Å². The Morgan fingerprint density at radius 3 is 2.95 bits per heavy atom. The molecular formula is C15H20N2O5. The Labute approximate surface area is 128 Å². The number of carboxylic acids is 1. The Bertz CT molecular complexity index is 553. The van der Waals surface area contributed by atoms with E-state index in [0.29, 0.717) is 24.7 Å². The molecule has 1 fully saturated rings. The molecule has 2 rings (SSSR count). The molecule has 0 aromatic carbocycles. The molecular weight excluding hydrogens is 288 g/mol. The minimum absolute atomic E-state index is 0.0378. The van der Waals surface area contributed by atoms with Crippen molar-refractivity contribution in [3.63, 3.8) is 0 Å². The first kappa shape index (κ1) is 16.2. The summed E-state index contributed by atoms with van der Waals surface area (Å²) < 4.78 is 10.9. The van der Waals surface area contributed by atoms with E-state index in [1.165, 1.54) is 6.20 Å². The van der Waals surface area contributed by atoms with Crippen LogP contribution < -0.4 is 10.1 Å². The van der Waals surface area contributed by atoms with Crippen LogP contribution >= 0.6 is 0 Å². The van der Waals surface area contributed by atoms with Crippen molar-refractivity contribution in [1.82, 2.24) is 10.3 Å². The van der Waals surface area contributed by atoms with Crippen LogP contribution in [0.1, 0.15) is 30.6 Å². The fourth-order valence-corrected chi connectivity index (χ4v) is 1.87. The summed E-state index contributed by atoms with van der Waals surface area (Å²) in [7, 11) is 0. The predicted molar refractivity (Wildman–Crippen MR) is 77.8 cm³/mol. The van der Waals surface area contributed by atoms with E-state index < -0.39 is 11.4 Å². The fourth-order valence-electron chi connectivity index (χ4n) is 1.87. The van der Waals surface area contributed by atoms with Gasteiger partial charge < -0.3 is 19.9 Å². The SMILES string of the molecule is CC(C)(CNC(=O)c1ccnc(OC2CCOC2)c1)C(=O)O. The second-order valence-corrected chi connectivity index (χ2v) is 5.86. The molecule has 1 atom stereocenters. The number of aromatic nitrogens is 1. The van der Waals surface area contributed by atoms with Crippen LogP contribution in [0.2, 0.25) is 0 Å². The van der Waals surface area contributed by atoms with Crippen molar-refractivity contribution in [1.29, 1.82) is 0 Å². The van der Waals surface area contributed by atoms with Crippen LogP contribution in [-0.4, -0.2) is 47.8 Å². The normalized spacial score (nSPS) is 18.0. The van der Waals surface area contributed by atoms with E-state index in [4.69, 9.17) is 14.6 Å². The van der Waals surface area contributed by atoms with Gasteiger partial charge in [-0.05, 0) is 19.9 Å². The molecule has 22 heavy (non-hydrogen) atoms. The Kier molecular flexibility index (Phi) is 4.97. The maximum Gasteiger partial charge on any atom is 0.310 e. The number of carbonyl (C=O) groups is 2. The number of nitrogens with zero attached hydrogens (tertiary/aromatic N) is 1. The Hall–Kier alpha value is -2.15. The standard InChI is InChI=1S/C15H20N2O5/c1-15(2,14(19)20)9-17-13(18)10-3-5-16-12(7-10)22-11-4-6-21-8-11/h3,5,7,11H,4,6,8-9H2,1-2H3,(H,17,18)(H,19,20). The largest absolute Gasteiger partial charge is 0.481 e. The van der Waals surface area contributed by atoms with Gasteiger partial charge in [0.15, 0.2) is 0 Å². The predicted octanol–water partition coefficient (Wildman–Crippen LogP) is 1.09. The summed E-state index contributed by atoms with van der Waals surface area (Å²) in [5, 5.41) is 11.6. The molecule has 7 nitrogen and oxygen atoms in total. The van der Waals surface area contributed by atoms with Crippen molar-refractivity contribution >= 4 is 11.9 Å². The van der Waals surface area contributed by atoms with Gasteiger partial charge in [0.05, 0.1) is 18.6 Å². The van der Waals surface area contributed by atoms with Crippen molar-refractivity contribution in [3.8, 4) is 5.88 Å². The lowest BCUT2D eigenvalue weighted by molar-refractivity contribution is -0.146. The zero-order chi connectivity index (χ0) is 16.2. The van der Waals surface area contributed by atoms with Crippen LogP contribution in [-0.2, 0) is 9.53 Å². The van der Waals surface area contributed by atoms with Gasteiger partial charge in [0.25, 0.3) is 5.91 Å². The topological polar surface area (TPSA) is 97.8 Å². The quantitative estimate of drug-likeness (QED) is 0.816. The van der Waals surface area contributed by atoms with Gasteiger partial charge in [0.1, 0.15) is 6.10 Å². The lowest BCUT2D eigenvalue weighted by Crippen LogP contribution is -2.38. The number of pyridine rings is 1. The van der Waals surface area contributed by atoms with E-state index in [2.05, 4.69) is 10.3 Å². The zero-order valence-electron chi connectivity index (χ0n) is 12.7. The number of carboxylic acid groups (broad SMARTS) is 1. The zero-order valence-corrected chi connectivity index (χ0v) is 12.7. The average Bonchev–Trinajstić information content (AvgIpc) is 2.98. The minimum atomic E-state index is -1.02. The highest BCUT2D eigenvalue weighted by molar-refractivity contribution is 5.94. The van der Waals surface area contributed by atoms with Gasteiger partial charge in [0, 0.05) is 30.8 Å². The molecule has 0 spiro atoms. The van der Waals surface area contributed by atoms with Gasteiger partial charge in [-0.15, -0.1) is 0 Å². The molecule has 1 aliphatic heterocycles. The van der Waals surface area contributed by atoms with E-state index in [-0.39, 0.29) is 18.6 Å². The highest BCUT2D eigenvalue weighted by Gasteiger charge is 2.27. The van der Waals surface area contributed by atoms with E-state index >= 15 is 0 Å². The molecule has 0 saturated carbocycles. The summed E-state index contributed by atoms with van der Waals surface area (Å²) in [6.45, 7) is 4.32. The fraction of sp³-hybridized carbons (Fsp3) is 0.533. The van der Waals surface area contributed by atoms with Crippen LogP contribution in [0, 0.1) is 5.41 Å². The summed E-state index contributed by atoms with van der Waals surface area (Å²) in [5.74, 6) is -0.960. The minimum Gasteiger partial charge on any atom is -0.481 e. The van der Waals surface area contributed by atoms with E-state index in [1.54, 1.807) is 26.0 Å². The highest BCUT2D eigenvalue weighted by Crippen LogP contribution is 2.17. The number of hydrogen-bond acceptors (Lipinski definition) is 5. The monoisotopic (exact) mass is 308 g/mol. The Morgan fingerprint density at radius 1 is 1.55 bits per heavy atom. The van der Waals surface area contributed by atoms with E-state index in [1.807, 2.05) is 0 Å². The van der Waals surface area contributed by atoms with Gasteiger partial charge in [-0.25, -0.2) is 4.98 Å². The number of hydrogen-bond donors (Lipinski definition) is 2. The van der Waals surface area contributed by atoms with Gasteiger partial charge in [0.2, 0.25) is 5.88 Å². The number of nitrogens with one attached hydrogen (secondary N) is 1. The second kappa shape index (κ2) is 6.74. The smallest absolute Gasteiger partial charge is 0.310 e. The Balaban J connectivity index is 1.96. The van der Waals surface area contributed by atoms with Crippen molar-refractivity contribution in [3.05, 3.63) is 23.9 Å². The van der Waals surface area contributed by atoms with Crippen molar-refractivity contribution in [2.75, 3.05) is 19.8 Å². The van der Waals surface area contributed by atoms with Crippen molar-refractivity contribution in [2.45, 2.75) is 26.4 Å². The molecule has 1 aromatic rings. The maximum absolute atomic E-state index is 12.1.